The number of nitrogens with zero attached hydrogens (tertiary/aromatic N) is 3. The molecule has 0 spiro atoms. The van der Waals surface area contributed by atoms with Gasteiger partial charge in [0.1, 0.15) is 11.3 Å². The summed E-state index contributed by atoms with van der Waals surface area (Å²) in [4.78, 5) is 32.3. The number of carbonyl (C=O) groups excluding carboxylic acids is 2. The Kier molecular flexibility index (Phi) is 6.40. The Bertz CT molecular complexity index is 815. The molecular formula is C16H21N5O3S. The zero-order chi connectivity index (χ0) is 18.4. The van der Waals surface area contributed by atoms with E-state index in [1.54, 1.807) is 25.3 Å². The summed E-state index contributed by atoms with van der Waals surface area (Å²) in [6.45, 7) is 5.82. The number of hydrogen-bond acceptors (Lipinski definition) is 6. The molecule has 2 rings (SSSR count). The van der Waals surface area contributed by atoms with Crippen molar-refractivity contribution in [3.05, 3.63) is 35.3 Å². The summed E-state index contributed by atoms with van der Waals surface area (Å²) in [6, 6.07) is 3.82. The highest BCUT2D eigenvalue weighted by molar-refractivity contribution is 8.14. The van der Waals surface area contributed by atoms with Crippen LogP contribution in [0.4, 0.5) is 0 Å². The Morgan fingerprint density at radius 1 is 1.36 bits per heavy atom. The molecule has 8 nitrogen and oxygen atoms in total. The Morgan fingerprint density at radius 3 is 2.80 bits per heavy atom. The van der Waals surface area contributed by atoms with Crippen LogP contribution in [0.2, 0.25) is 0 Å². The molecule has 0 aliphatic carbocycles. The summed E-state index contributed by atoms with van der Waals surface area (Å²) in [5.74, 6) is -0.571. The van der Waals surface area contributed by atoms with Gasteiger partial charge < -0.3 is 4.74 Å². The second-order valence-corrected chi connectivity index (χ2v) is 6.14. The highest BCUT2D eigenvalue weighted by Crippen LogP contribution is 2.13. The van der Waals surface area contributed by atoms with Gasteiger partial charge in [0.15, 0.2) is 5.17 Å². The van der Waals surface area contributed by atoms with Gasteiger partial charge in [0.05, 0.1) is 18.1 Å². The fourth-order valence-electron chi connectivity index (χ4n) is 2.19. The van der Waals surface area contributed by atoms with Gasteiger partial charge >= 0.3 is 5.97 Å². The lowest BCUT2D eigenvalue weighted by atomic mass is 10.3. The minimum absolute atomic E-state index is 0.108. The molecule has 0 radical (unpaired) electrons. The largest absolute Gasteiger partial charge is 0.465 e. The number of imidazole rings is 1. The molecule has 2 aromatic rings. The van der Waals surface area contributed by atoms with Gasteiger partial charge in [-0.15, -0.1) is 0 Å². The lowest BCUT2D eigenvalue weighted by Crippen LogP contribution is -2.41. The highest BCUT2D eigenvalue weighted by atomic mass is 32.2. The third-order valence-corrected chi connectivity index (χ3v) is 4.23. The number of hydrazine groups is 1. The van der Waals surface area contributed by atoms with E-state index in [4.69, 9.17) is 4.74 Å². The van der Waals surface area contributed by atoms with Crippen LogP contribution in [0.5, 0.6) is 0 Å². The van der Waals surface area contributed by atoms with Crippen LogP contribution in [0.15, 0.2) is 23.3 Å². The van der Waals surface area contributed by atoms with Gasteiger partial charge in [-0.2, -0.15) is 0 Å². The molecule has 0 aliphatic rings. The fourth-order valence-corrected chi connectivity index (χ4v) is 2.78. The smallest absolute Gasteiger partial charge is 0.316 e. The molecule has 0 unspecified atom stereocenters. The number of ether oxygens (including phenoxy) is 1. The molecule has 25 heavy (non-hydrogen) atoms. The van der Waals surface area contributed by atoms with E-state index in [9.17, 15) is 9.59 Å². The van der Waals surface area contributed by atoms with Crippen LogP contribution in [0, 0.1) is 13.8 Å². The Hall–Kier alpha value is -2.55. The van der Waals surface area contributed by atoms with E-state index in [2.05, 4.69) is 20.8 Å². The zero-order valence-corrected chi connectivity index (χ0v) is 15.4. The molecule has 0 bridgehead atoms. The molecule has 9 heteroatoms. The van der Waals surface area contributed by atoms with Crippen LogP contribution in [0.1, 0.15) is 28.7 Å². The second-order valence-electron chi connectivity index (χ2n) is 5.18. The maximum atomic E-state index is 12.5. The number of aliphatic imine (C=N–C) groups is 1. The molecule has 1 amide bonds. The normalized spacial score (nSPS) is 11.4. The van der Waals surface area contributed by atoms with E-state index in [1.165, 1.54) is 0 Å². The lowest BCUT2D eigenvalue weighted by molar-refractivity contribution is -0.139. The molecule has 0 atom stereocenters. The third kappa shape index (κ3) is 4.72. The van der Waals surface area contributed by atoms with Gasteiger partial charge in [-0.1, -0.05) is 11.8 Å². The third-order valence-electron chi connectivity index (χ3n) is 3.29. The van der Waals surface area contributed by atoms with Gasteiger partial charge in [0.2, 0.25) is 0 Å². The van der Waals surface area contributed by atoms with Crippen molar-refractivity contribution in [3.63, 3.8) is 0 Å². The molecule has 2 N–H and O–H groups in total. The molecule has 0 aromatic carbocycles. The van der Waals surface area contributed by atoms with Crippen molar-refractivity contribution in [2.24, 2.45) is 4.99 Å². The van der Waals surface area contributed by atoms with Crippen molar-refractivity contribution >= 4 is 34.5 Å². The summed E-state index contributed by atoms with van der Waals surface area (Å²) in [5.41, 5.74) is 8.15. The number of nitrogens with one attached hydrogen (secondary N) is 2. The molecule has 0 saturated carbocycles. The Morgan fingerprint density at radius 2 is 2.12 bits per heavy atom. The first-order chi connectivity index (χ1) is 12.0. The van der Waals surface area contributed by atoms with E-state index < -0.39 is 0 Å². The van der Waals surface area contributed by atoms with Crippen molar-refractivity contribution in [3.8, 4) is 0 Å². The van der Waals surface area contributed by atoms with Crippen molar-refractivity contribution in [1.29, 1.82) is 0 Å². The van der Waals surface area contributed by atoms with E-state index >= 15 is 0 Å². The number of hydrogen-bond donors (Lipinski definition) is 2. The number of thioether (sulfide) groups is 1. The lowest BCUT2D eigenvalue weighted by Gasteiger charge is -2.10. The number of amidine groups is 1. The van der Waals surface area contributed by atoms with Crippen LogP contribution < -0.4 is 10.9 Å². The van der Waals surface area contributed by atoms with Gasteiger partial charge in [-0.3, -0.25) is 29.8 Å². The first-order valence-electron chi connectivity index (χ1n) is 7.73. The SMILES string of the molecule is CCOC(=O)CSC(=NC)NNC(=O)c1c(C)nc2cc(C)ccn12. The Labute approximate surface area is 150 Å². The van der Waals surface area contributed by atoms with Crippen molar-refractivity contribution in [1.82, 2.24) is 20.2 Å². The zero-order valence-electron chi connectivity index (χ0n) is 14.6. The molecule has 0 fully saturated rings. The Balaban J connectivity index is 2.02. The average Bonchev–Trinajstić information content (AvgIpc) is 2.89. The van der Waals surface area contributed by atoms with E-state index in [0.717, 1.165) is 17.3 Å². The quantitative estimate of drug-likeness (QED) is 0.369. The summed E-state index contributed by atoms with van der Waals surface area (Å²) in [5, 5.41) is 0.406. The summed E-state index contributed by atoms with van der Waals surface area (Å²) < 4.78 is 6.58. The highest BCUT2D eigenvalue weighted by Gasteiger charge is 2.17. The van der Waals surface area contributed by atoms with E-state index in [-0.39, 0.29) is 17.6 Å². The monoisotopic (exact) mass is 363 g/mol. The van der Waals surface area contributed by atoms with Crippen LogP contribution >= 0.6 is 11.8 Å². The van der Waals surface area contributed by atoms with Crippen molar-refractivity contribution in [2.45, 2.75) is 20.8 Å². The van der Waals surface area contributed by atoms with Gasteiger partial charge in [0, 0.05) is 13.2 Å². The van der Waals surface area contributed by atoms with Gasteiger partial charge in [-0.25, -0.2) is 4.98 Å². The van der Waals surface area contributed by atoms with Crippen LogP contribution in [0.3, 0.4) is 0 Å². The van der Waals surface area contributed by atoms with Crippen molar-refractivity contribution in [2.75, 3.05) is 19.4 Å². The summed E-state index contributed by atoms with van der Waals surface area (Å²) in [6.07, 6.45) is 1.81. The maximum Gasteiger partial charge on any atom is 0.316 e. The number of aryl methyl sites for hydroxylation is 2. The number of carbonyl (C=O) groups is 2. The fraction of sp³-hybridized carbons (Fsp3) is 0.375. The summed E-state index contributed by atoms with van der Waals surface area (Å²) >= 11 is 1.15. The first-order valence-corrected chi connectivity index (χ1v) is 8.71. The molecule has 0 aliphatic heterocycles. The first kappa shape index (κ1) is 18.8. The standard InChI is InChI=1S/C16H21N5O3S/c1-5-24-13(22)9-25-16(17-4)20-19-15(23)14-11(3)18-12-8-10(2)6-7-21(12)14/h6-8H,5,9H2,1-4H3,(H,17,20)(H,19,23). The van der Waals surface area contributed by atoms with Gasteiger partial charge in [0.25, 0.3) is 5.91 Å². The molecule has 2 aromatic heterocycles. The predicted molar refractivity (Wildman–Crippen MR) is 97.7 cm³/mol. The second kappa shape index (κ2) is 8.52. The topological polar surface area (TPSA) is 97.1 Å². The van der Waals surface area contributed by atoms with Gasteiger partial charge in [-0.05, 0) is 38.5 Å². The molecule has 0 saturated heterocycles. The minimum atomic E-state index is -0.341. The minimum Gasteiger partial charge on any atom is -0.465 e. The van der Waals surface area contributed by atoms with E-state index in [0.29, 0.717) is 28.8 Å². The van der Waals surface area contributed by atoms with Crippen LogP contribution in [-0.2, 0) is 9.53 Å². The number of amides is 1. The maximum absolute atomic E-state index is 12.5. The van der Waals surface area contributed by atoms with Crippen LogP contribution in [-0.4, -0.2) is 45.8 Å². The number of rotatable bonds is 4. The van der Waals surface area contributed by atoms with Crippen LogP contribution in [0.25, 0.3) is 5.65 Å². The average molecular weight is 363 g/mol. The number of esters is 1. The predicted octanol–water partition coefficient (Wildman–Crippen LogP) is 1.47. The van der Waals surface area contributed by atoms with E-state index in [1.807, 2.05) is 25.3 Å². The summed E-state index contributed by atoms with van der Waals surface area (Å²) in [7, 11) is 1.56. The molecular weight excluding hydrogens is 342 g/mol. The van der Waals surface area contributed by atoms with Crippen molar-refractivity contribution < 1.29 is 14.3 Å². The number of fused-ring (bicyclic) bond motifs is 1. The number of pyridine rings is 1. The number of aromatic nitrogens is 2. The molecule has 134 valence electrons. The molecule has 2 heterocycles.